The molecule has 196 valence electrons. The number of halogens is 1. The maximum atomic E-state index is 14.0. The number of nitrogens with zero attached hydrogens (tertiary/aromatic N) is 1. The maximum Gasteiger partial charge on any atom is 0.250 e. The van der Waals surface area contributed by atoms with Crippen LogP contribution in [0.25, 0.3) is 0 Å². The van der Waals surface area contributed by atoms with E-state index in [1.165, 1.54) is 0 Å². The van der Waals surface area contributed by atoms with Gasteiger partial charge in [-0.3, -0.25) is 14.4 Å². The summed E-state index contributed by atoms with van der Waals surface area (Å²) in [6.07, 6.45) is 2.07. The van der Waals surface area contributed by atoms with Gasteiger partial charge in [0.25, 0.3) is 0 Å². The number of aryl methyl sites for hydroxylation is 1. The fourth-order valence-corrected chi connectivity index (χ4v) is 6.75. The average Bonchev–Trinajstić information content (AvgIpc) is 3.43. The van der Waals surface area contributed by atoms with Gasteiger partial charge >= 0.3 is 0 Å². The van der Waals surface area contributed by atoms with Gasteiger partial charge in [0.05, 0.1) is 28.1 Å². The minimum absolute atomic E-state index is 0.0110. The first kappa shape index (κ1) is 25.7. The number of aliphatic hydroxyl groups is 1. The fraction of sp³-hybridized carbons (Fsp3) is 0.464. The van der Waals surface area contributed by atoms with Crippen LogP contribution in [-0.2, 0) is 19.1 Å². The van der Waals surface area contributed by atoms with Crippen LogP contribution in [0.1, 0.15) is 38.2 Å². The van der Waals surface area contributed by atoms with Crippen molar-refractivity contribution in [3.63, 3.8) is 0 Å². The van der Waals surface area contributed by atoms with E-state index in [9.17, 15) is 19.5 Å². The lowest BCUT2D eigenvalue weighted by atomic mass is 9.66. The number of hydrogen-bond acceptors (Lipinski definition) is 5. The van der Waals surface area contributed by atoms with Crippen molar-refractivity contribution in [2.45, 2.75) is 56.8 Å². The van der Waals surface area contributed by atoms with Crippen LogP contribution in [0.5, 0.6) is 0 Å². The highest BCUT2D eigenvalue weighted by molar-refractivity contribution is 6.34. The Morgan fingerprint density at radius 3 is 2.54 bits per heavy atom. The van der Waals surface area contributed by atoms with E-state index in [2.05, 4.69) is 10.6 Å². The molecule has 0 aliphatic carbocycles. The molecule has 0 saturated carbocycles. The van der Waals surface area contributed by atoms with E-state index < -0.39 is 29.1 Å². The zero-order chi connectivity index (χ0) is 26.4. The third-order valence-corrected chi connectivity index (χ3v) is 8.44. The number of benzene rings is 2. The molecule has 3 aliphatic heterocycles. The second kappa shape index (κ2) is 9.74. The number of fused-ring (bicyclic) bond motifs is 1. The topological polar surface area (TPSA) is 108 Å². The first-order valence-corrected chi connectivity index (χ1v) is 13.1. The maximum absolute atomic E-state index is 14.0. The molecule has 3 saturated heterocycles. The molecule has 2 bridgehead atoms. The van der Waals surface area contributed by atoms with Crippen molar-refractivity contribution in [2.75, 3.05) is 23.8 Å². The highest BCUT2D eigenvalue weighted by Gasteiger charge is 2.77. The number of anilines is 2. The van der Waals surface area contributed by atoms with E-state index in [1.54, 1.807) is 29.2 Å². The third kappa shape index (κ3) is 4.21. The molecule has 37 heavy (non-hydrogen) atoms. The Morgan fingerprint density at radius 1 is 1.08 bits per heavy atom. The molecule has 2 aromatic rings. The molecule has 3 aliphatic rings. The Labute approximate surface area is 221 Å². The van der Waals surface area contributed by atoms with Crippen LogP contribution in [0.4, 0.5) is 11.4 Å². The van der Waals surface area contributed by atoms with Crippen LogP contribution in [0, 0.1) is 18.8 Å². The lowest BCUT2D eigenvalue weighted by Gasteiger charge is -2.33. The van der Waals surface area contributed by atoms with Gasteiger partial charge in [0.1, 0.15) is 11.6 Å². The van der Waals surface area contributed by atoms with Crippen molar-refractivity contribution in [1.82, 2.24) is 4.90 Å². The Kier molecular flexibility index (Phi) is 6.77. The molecular weight excluding hydrogens is 494 g/mol. The number of likely N-dealkylation sites (tertiary alicyclic amines) is 1. The minimum atomic E-state index is -1.12. The second-order valence-electron chi connectivity index (χ2n) is 10.5. The number of nitrogens with one attached hydrogen (secondary N) is 2. The van der Waals surface area contributed by atoms with E-state index in [4.69, 9.17) is 16.3 Å². The van der Waals surface area contributed by atoms with Crippen LogP contribution in [0.2, 0.25) is 5.02 Å². The summed E-state index contributed by atoms with van der Waals surface area (Å²) in [4.78, 5) is 43.0. The second-order valence-corrected chi connectivity index (χ2v) is 10.9. The summed E-state index contributed by atoms with van der Waals surface area (Å²) in [6.45, 7) is 3.99. The van der Waals surface area contributed by atoms with E-state index in [-0.39, 0.29) is 30.9 Å². The van der Waals surface area contributed by atoms with Gasteiger partial charge in [-0.1, -0.05) is 41.9 Å². The van der Waals surface area contributed by atoms with Gasteiger partial charge in [-0.25, -0.2) is 0 Å². The van der Waals surface area contributed by atoms with Crippen LogP contribution < -0.4 is 10.6 Å². The number of carbonyl (C=O) groups excluding carboxylic acids is 3. The van der Waals surface area contributed by atoms with Crippen LogP contribution in [-0.4, -0.2) is 58.1 Å². The van der Waals surface area contributed by atoms with Gasteiger partial charge in [0, 0.05) is 18.8 Å². The molecule has 3 amide bonds. The molecule has 3 heterocycles. The van der Waals surface area contributed by atoms with Crippen LogP contribution in [0.3, 0.4) is 0 Å². The zero-order valence-corrected chi connectivity index (χ0v) is 21.8. The van der Waals surface area contributed by atoms with Gasteiger partial charge in [-0.05, 0) is 63.3 Å². The van der Waals surface area contributed by atoms with E-state index in [0.29, 0.717) is 42.1 Å². The molecule has 5 atom stereocenters. The summed E-state index contributed by atoms with van der Waals surface area (Å²) in [5.74, 6) is -2.46. The van der Waals surface area contributed by atoms with Gasteiger partial charge in [-0.2, -0.15) is 0 Å². The standard InChI is InChI=1S/C28H32ClN3O5/c1-17-9-8-12-19(29)22(17)31-25(35)23-28-14-13-27(2,37-28)20(24(34)30-18-10-4-3-5-11-18)21(28)26(36)32(23)15-6-7-16-33/h3-5,8-12,20-21,23,33H,6-7,13-16H2,1-2H3,(H,30,34)(H,31,35)/t20-,21-,23?,27+,28?/m0/s1. The number of aliphatic hydroxyl groups excluding tert-OH is 1. The van der Waals surface area contributed by atoms with Crippen molar-refractivity contribution in [3.8, 4) is 0 Å². The molecule has 0 aromatic heterocycles. The van der Waals surface area contributed by atoms with Crippen molar-refractivity contribution in [3.05, 3.63) is 59.1 Å². The Balaban J connectivity index is 1.50. The quantitative estimate of drug-likeness (QED) is 0.455. The number of para-hydroxylation sites is 2. The average molecular weight is 526 g/mol. The van der Waals surface area contributed by atoms with Crippen LogP contribution in [0.15, 0.2) is 48.5 Å². The van der Waals surface area contributed by atoms with Gasteiger partial charge in [0.15, 0.2) is 0 Å². The minimum Gasteiger partial charge on any atom is -0.396 e. The lowest BCUT2D eigenvalue weighted by molar-refractivity contribution is -0.143. The number of amides is 3. The zero-order valence-electron chi connectivity index (χ0n) is 21.0. The van der Waals surface area contributed by atoms with Crippen molar-refractivity contribution in [2.24, 2.45) is 11.8 Å². The van der Waals surface area contributed by atoms with Crippen LogP contribution >= 0.6 is 11.6 Å². The number of hydrogen-bond donors (Lipinski definition) is 3. The summed E-state index contributed by atoms with van der Waals surface area (Å²) in [6, 6.07) is 13.6. The summed E-state index contributed by atoms with van der Waals surface area (Å²) < 4.78 is 6.62. The molecule has 5 rings (SSSR count). The first-order chi connectivity index (χ1) is 17.7. The number of unbranched alkanes of at least 4 members (excludes halogenated alkanes) is 1. The molecule has 8 nitrogen and oxygen atoms in total. The highest BCUT2D eigenvalue weighted by Crippen LogP contribution is 2.63. The molecule has 3 N–H and O–H groups in total. The van der Waals surface area contributed by atoms with Crippen molar-refractivity contribution < 1.29 is 24.2 Å². The Bertz CT molecular complexity index is 1200. The van der Waals surface area contributed by atoms with Crippen molar-refractivity contribution in [1.29, 1.82) is 0 Å². The summed E-state index contributed by atoms with van der Waals surface area (Å²) >= 11 is 6.39. The SMILES string of the molecule is Cc1cccc(Cl)c1NC(=O)C1N(CCCCO)C(=O)[C@@H]2[C@@H](C(=O)Nc3ccccc3)[C@@]3(C)CCC12O3. The largest absolute Gasteiger partial charge is 0.396 e. The van der Waals surface area contributed by atoms with E-state index in [1.807, 2.05) is 38.1 Å². The fourth-order valence-electron chi connectivity index (χ4n) is 6.48. The third-order valence-electron chi connectivity index (χ3n) is 8.13. The predicted molar refractivity (Wildman–Crippen MR) is 140 cm³/mol. The summed E-state index contributed by atoms with van der Waals surface area (Å²) in [5.41, 5.74) is -0.0524. The Morgan fingerprint density at radius 2 is 1.84 bits per heavy atom. The molecule has 0 radical (unpaired) electrons. The summed E-state index contributed by atoms with van der Waals surface area (Å²) in [5, 5.41) is 15.6. The molecule has 1 spiro atoms. The van der Waals surface area contributed by atoms with Gasteiger partial charge in [-0.15, -0.1) is 0 Å². The normalized spacial score (nSPS) is 29.9. The monoisotopic (exact) mass is 525 g/mol. The van der Waals surface area contributed by atoms with Gasteiger partial charge in [0.2, 0.25) is 17.7 Å². The smallest absolute Gasteiger partial charge is 0.250 e. The molecular formula is C28H32ClN3O5. The molecule has 3 fully saturated rings. The number of rotatable bonds is 8. The van der Waals surface area contributed by atoms with Gasteiger partial charge < -0.3 is 25.4 Å². The van der Waals surface area contributed by atoms with E-state index >= 15 is 0 Å². The molecule has 2 aromatic carbocycles. The van der Waals surface area contributed by atoms with Crippen molar-refractivity contribution >= 4 is 40.7 Å². The molecule has 9 heteroatoms. The lowest BCUT2D eigenvalue weighted by Crippen LogP contribution is -2.53. The predicted octanol–water partition coefficient (Wildman–Crippen LogP) is 3.76. The summed E-state index contributed by atoms with van der Waals surface area (Å²) in [7, 11) is 0. The number of ether oxygens (including phenoxy) is 1. The molecule has 2 unspecified atom stereocenters. The number of carbonyl (C=O) groups is 3. The first-order valence-electron chi connectivity index (χ1n) is 12.8. The van der Waals surface area contributed by atoms with E-state index in [0.717, 1.165) is 5.56 Å². The highest BCUT2D eigenvalue weighted by atomic mass is 35.5. The Hall–Kier alpha value is -2.94.